The van der Waals surface area contributed by atoms with E-state index in [9.17, 15) is 0 Å². The summed E-state index contributed by atoms with van der Waals surface area (Å²) in [6.45, 7) is 2.31. The van der Waals surface area contributed by atoms with Crippen molar-refractivity contribution in [2.45, 2.75) is 45.4 Å². The van der Waals surface area contributed by atoms with Gasteiger partial charge in [0.2, 0.25) is 0 Å². The topological polar surface area (TPSA) is 0 Å². The standard InChI is InChI=1S/C16H20/c1-2-5-12-8-9-16-14(10-12)11-13-6-3-4-7-15(13)16/h3-4,6-7,12H,2,5,8-11H2,1H3. The first-order chi connectivity index (χ1) is 7.88. The van der Waals surface area contributed by atoms with Gasteiger partial charge in [-0.15, -0.1) is 0 Å². The van der Waals surface area contributed by atoms with Crippen LogP contribution in [0.4, 0.5) is 0 Å². The molecule has 0 heteroatoms. The Hall–Kier alpha value is -1.04. The van der Waals surface area contributed by atoms with E-state index in [1.54, 1.807) is 22.3 Å². The highest BCUT2D eigenvalue weighted by Crippen LogP contribution is 2.44. The average molecular weight is 212 g/mol. The van der Waals surface area contributed by atoms with Crippen molar-refractivity contribution in [2.24, 2.45) is 5.92 Å². The molecule has 0 spiro atoms. The molecule has 0 radical (unpaired) electrons. The molecule has 1 aromatic carbocycles. The van der Waals surface area contributed by atoms with Gasteiger partial charge in [0.15, 0.2) is 0 Å². The third-order valence-electron chi connectivity index (χ3n) is 4.21. The van der Waals surface area contributed by atoms with Crippen LogP contribution in [0.5, 0.6) is 0 Å². The first-order valence-electron chi connectivity index (χ1n) is 6.67. The van der Waals surface area contributed by atoms with Crippen LogP contribution in [0.2, 0.25) is 0 Å². The second kappa shape index (κ2) is 4.08. The third-order valence-corrected chi connectivity index (χ3v) is 4.21. The van der Waals surface area contributed by atoms with Crippen LogP contribution in [0.3, 0.4) is 0 Å². The minimum atomic E-state index is 0.970. The molecule has 0 amide bonds. The number of rotatable bonds is 2. The Bertz CT molecular complexity index is 425. The summed E-state index contributed by atoms with van der Waals surface area (Å²) in [4.78, 5) is 0. The molecule has 2 aliphatic rings. The fourth-order valence-corrected chi connectivity index (χ4v) is 3.46. The average Bonchev–Trinajstić information content (AvgIpc) is 2.67. The first-order valence-corrected chi connectivity index (χ1v) is 6.67. The van der Waals surface area contributed by atoms with Crippen molar-refractivity contribution in [1.29, 1.82) is 0 Å². The first kappa shape index (κ1) is 10.1. The van der Waals surface area contributed by atoms with Gasteiger partial charge in [-0.1, -0.05) is 49.6 Å². The lowest BCUT2D eigenvalue weighted by molar-refractivity contribution is 0.433. The van der Waals surface area contributed by atoms with E-state index in [0.717, 1.165) is 5.92 Å². The molecular formula is C16H20. The van der Waals surface area contributed by atoms with Gasteiger partial charge < -0.3 is 0 Å². The summed E-state index contributed by atoms with van der Waals surface area (Å²) in [5.41, 5.74) is 6.59. The van der Waals surface area contributed by atoms with Crippen LogP contribution in [-0.2, 0) is 6.42 Å². The molecule has 84 valence electrons. The van der Waals surface area contributed by atoms with Gasteiger partial charge >= 0.3 is 0 Å². The molecule has 0 bridgehead atoms. The van der Waals surface area contributed by atoms with Gasteiger partial charge in [0.1, 0.15) is 0 Å². The minimum Gasteiger partial charge on any atom is -0.0654 e. The van der Waals surface area contributed by atoms with E-state index in [2.05, 4.69) is 31.2 Å². The lowest BCUT2D eigenvalue weighted by Crippen LogP contribution is -2.08. The van der Waals surface area contributed by atoms with Crippen molar-refractivity contribution in [3.8, 4) is 0 Å². The van der Waals surface area contributed by atoms with Crippen molar-refractivity contribution >= 4 is 5.57 Å². The quantitative estimate of drug-likeness (QED) is 0.672. The van der Waals surface area contributed by atoms with Crippen LogP contribution in [0.1, 0.15) is 50.2 Å². The van der Waals surface area contributed by atoms with E-state index >= 15 is 0 Å². The maximum absolute atomic E-state index is 2.32. The van der Waals surface area contributed by atoms with Crippen molar-refractivity contribution in [1.82, 2.24) is 0 Å². The van der Waals surface area contributed by atoms with E-state index < -0.39 is 0 Å². The predicted octanol–water partition coefficient (Wildman–Crippen LogP) is 4.60. The summed E-state index contributed by atoms with van der Waals surface area (Å²) in [6.07, 6.45) is 8.13. The monoisotopic (exact) mass is 212 g/mol. The Morgan fingerprint density at radius 3 is 3.00 bits per heavy atom. The second-order valence-electron chi connectivity index (χ2n) is 5.31. The minimum absolute atomic E-state index is 0.970. The molecule has 0 N–H and O–H groups in total. The van der Waals surface area contributed by atoms with Gasteiger partial charge in [-0.25, -0.2) is 0 Å². The zero-order chi connectivity index (χ0) is 11.0. The molecule has 0 saturated heterocycles. The Labute approximate surface area is 98.4 Å². The van der Waals surface area contributed by atoms with E-state index in [-0.39, 0.29) is 0 Å². The molecule has 1 aromatic rings. The highest BCUT2D eigenvalue weighted by molar-refractivity contribution is 5.77. The zero-order valence-electron chi connectivity index (χ0n) is 10.1. The molecule has 3 rings (SSSR count). The summed E-state index contributed by atoms with van der Waals surface area (Å²) in [5, 5.41) is 0. The molecule has 1 unspecified atom stereocenters. The number of hydrogen-bond donors (Lipinski definition) is 0. The van der Waals surface area contributed by atoms with Gasteiger partial charge in [0, 0.05) is 0 Å². The Kier molecular flexibility index (Phi) is 2.59. The Balaban J connectivity index is 1.86. The lowest BCUT2D eigenvalue weighted by Gasteiger charge is -2.23. The van der Waals surface area contributed by atoms with Gasteiger partial charge in [0.05, 0.1) is 0 Å². The maximum Gasteiger partial charge on any atom is -0.00549 e. The molecule has 0 fully saturated rings. The van der Waals surface area contributed by atoms with Crippen LogP contribution < -0.4 is 0 Å². The van der Waals surface area contributed by atoms with Gasteiger partial charge in [-0.2, -0.15) is 0 Å². The molecule has 2 aliphatic carbocycles. The van der Waals surface area contributed by atoms with E-state index in [1.807, 2.05) is 0 Å². The van der Waals surface area contributed by atoms with Gasteiger partial charge in [-0.05, 0) is 48.3 Å². The fourth-order valence-electron chi connectivity index (χ4n) is 3.46. The fraction of sp³-hybridized carbons (Fsp3) is 0.500. The lowest BCUT2D eigenvalue weighted by atomic mass is 9.82. The van der Waals surface area contributed by atoms with Gasteiger partial charge in [0.25, 0.3) is 0 Å². The normalized spacial score (nSPS) is 23.2. The predicted molar refractivity (Wildman–Crippen MR) is 69.3 cm³/mol. The molecule has 0 saturated carbocycles. The number of benzene rings is 1. The van der Waals surface area contributed by atoms with Crippen molar-refractivity contribution in [3.63, 3.8) is 0 Å². The van der Waals surface area contributed by atoms with Gasteiger partial charge in [-0.3, -0.25) is 0 Å². The van der Waals surface area contributed by atoms with Crippen LogP contribution in [-0.4, -0.2) is 0 Å². The van der Waals surface area contributed by atoms with Crippen LogP contribution in [0.15, 0.2) is 29.8 Å². The Morgan fingerprint density at radius 1 is 1.25 bits per heavy atom. The van der Waals surface area contributed by atoms with Crippen LogP contribution in [0.25, 0.3) is 5.57 Å². The number of hydrogen-bond acceptors (Lipinski definition) is 0. The molecule has 1 atom stereocenters. The third kappa shape index (κ3) is 1.61. The zero-order valence-corrected chi connectivity index (χ0v) is 10.1. The molecule has 0 heterocycles. The number of fused-ring (bicyclic) bond motifs is 2. The summed E-state index contributed by atoms with van der Waals surface area (Å²) >= 11 is 0. The smallest absolute Gasteiger partial charge is 0.00549 e. The van der Waals surface area contributed by atoms with Crippen LogP contribution >= 0.6 is 0 Å². The van der Waals surface area contributed by atoms with Crippen molar-refractivity contribution in [2.75, 3.05) is 0 Å². The maximum atomic E-state index is 2.32. The van der Waals surface area contributed by atoms with Crippen LogP contribution in [0, 0.1) is 5.92 Å². The van der Waals surface area contributed by atoms with Crippen molar-refractivity contribution < 1.29 is 0 Å². The van der Waals surface area contributed by atoms with E-state index in [4.69, 9.17) is 0 Å². The summed E-state index contributed by atoms with van der Waals surface area (Å²) in [6, 6.07) is 8.99. The summed E-state index contributed by atoms with van der Waals surface area (Å²) in [5.74, 6) is 0.970. The van der Waals surface area contributed by atoms with E-state index in [1.165, 1.54) is 38.5 Å². The summed E-state index contributed by atoms with van der Waals surface area (Å²) < 4.78 is 0. The molecular weight excluding hydrogens is 192 g/mol. The number of allylic oxidation sites excluding steroid dienone is 2. The summed E-state index contributed by atoms with van der Waals surface area (Å²) in [7, 11) is 0. The second-order valence-corrected chi connectivity index (χ2v) is 5.31. The largest absolute Gasteiger partial charge is 0.0654 e. The highest BCUT2D eigenvalue weighted by atomic mass is 14.3. The molecule has 0 aliphatic heterocycles. The van der Waals surface area contributed by atoms with E-state index in [0.29, 0.717) is 0 Å². The SMILES string of the molecule is CCCC1CCC2=C(Cc3ccccc32)C1. The van der Waals surface area contributed by atoms with Crippen molar-refractivity contribution in [3.05, 3.63) is 41.0 Å². The molecule has 16 heavy (non-hydrogen) atoms. The molecule has 0 aromatic heterocycles. The Morgan fingerprint density at radius 2 is 2.12 bits per heavy atom. The molecule has 0 nitrogen and oxygen atoms in total. The highest BCUT2D eigenvalue weighted by Gasteiger charge is 2.27.